The number of nitro benzene ring substituents is 1. The highest BCUT2D eigenvalue weighted by Gasteiger charge is 2.59. The third-order valence-electron chi connectivity index (χ3n) is 6.30. The van der Waals surface area contributed by atoms with E-state index in [0.717, 1.165) is 17.0 Å². The van der Waals surface area contributed by atoms with E-state index in [0.29, 0.717) is 10.8 Å². The van der Waals surface area contributed by atoms with E-state index in [4.69, 9.17) is 16.3 Å². The molecule has 2 bridgehead atoms. The summed E-state index contributed by atoms with van der Waals surface area (Å²) in [5, 5.41) is 16.8. The summed E-state index contributed by atoms with van der Waals surface area (Å²) in [6.45, 7) is 0.138. The summed E-state index contributed by atoms with van der Waals surface area (Å²) < 4.78 is 5.83. The lowest BCUT2D eigenvalue weighted by molar-refractivity contribution is -0.384. The number of amides is 2. The molecule has 2 aliphatic carbocycles. The van der Waals surface area contributed by atoms with Crippen molar-refractivity contribution in [3.63, 3.8) is 0 Å². The largest absolute Gasteiger partial charge is 0.488 e. The number of fused-ring (bicyclic) bond motifs is 5. The molecule has 9 heteroatoms. The number of allylic oxidation sites excluding steroid dienone is 2. The zero-order valence-corrected chi connectivity index (χ0v) is 17.5. The zero-order valence-electron chi connectivity index (χ0n) is 16.8. The molecule has 0 spiro atoms. The number of carbonyl (C=O) groups excluding carboxylic acids is 2. The van der Waals surface area contributed by atoms with Gasteiger partial charge >= 0.3 is 0 Å². The molecule has 2 amide bonds. The summed E-state index contributed by atoms with van der Waals surface area (Å²) >= 11 is 6.17. The third kappa shape index (κ3) is 3.36. The molecule has 8 nitrogen and oxygen atoms in total. The van der Waals surface area contributed by atoms with Crippen LogP contribution in [-0.4, -0.2) is 28.0 Å². The molecule has 32 heavy (non-hydrogen) atoms. The molecule has 1 aliphatic heterocycles. The van der Waals surface area contributed by atoms with E-state index >= 15 is 0 Å². The number of ether oxygens (including phenoxy) is 1. The van der Waals surface area contributed by atoms with Gasteiger partial charge in [0.15, 0.2) is 0 Å². The Hall–Kier alpha value is -3.52. The van der Waals surface area contributed by atoms with Gasteiger partial charge in [0, 0.05) is 28.3 Å². The molecule has 5 rings (SSSR count). The lowest BCUT2D eigenvalue weighted by atomic mass is 9.85. The fourth-order valence-corrected chi connectivity index (χ4v) is 4.96. The fraction of sp³-hybridized carbons (Fsp3) is 0.261. The van der Waals surface area contributed by atoms with Crippen molar-refractivity contribution in [3.05, 3.63) is 80.9 Å². The first-order valence-corrected chi connectivity index (χ1v) is 10.6. The van der Waals surface area contributed by atoms with Crippen LogP contribution in [-0.2, 0) is 16.2 Å². The van der Waals surface area contributed by atoms with Gasteiger partial charge in [-0.15, -0.1) is 0 Å². The average molecular weight is 452 g/mol. The third-order valence-corrected chi connectivity index (χ3v) is 6.67. The van der Waals surface area contributed by atoms with Crippen molar-refractivity contribution < 1.29 is 19.2 Å². The van der Waals surface area contributed by atoms with Crippen LogP contribution in [0.2, 0.25) is 5.02 Å². The minimum atomic E-state index is -0.533. The summed E-state index contributed by atoms with van der Waals surface area (Å²) in [6, 6.07) is 11.2. The maximum atomic E-state index is 12.8. The highest BCUT2D eigenvalue weighted by atomic mass is 35.5. The van der Waals surface area contributed by atoms with Crippen LogP contribution in [0.4, 0.5) is 5.69 Å². The van der Waals surface area contributed by atoms with E-state index in [1.807, 2.05) is 24.3 Å². The van der Waals surface area contributed by atoms with Crippen LogP contribution in [0.3, 0.4) is 0 Å². The number of imide groups is 1. The SMILES string of the molecule is O=C1[C@@H]2[C@H](C(=O)N1N=Cc1cc([N+](=O)[O-])ccc1OCc1ccccc1Cl)[C@H]1C=C[C@H]2C1. The molecule has 1 heterocycles. The number of halogens is 1. The summed E-state index contributed by atoms with van der Waals surface area (Å²) in [7, 11) is 0. The van der Waals surface area contributed by atoms with Gasteiger partial charge in [-0.3, -0.25) is 19.7 Å². The van der Waals surface area contributed by atoms with Crippen LogP contribution in [0.1, 0.15) is 17.5 Å². The molecule has 2 fully saturated rings. The van der Waals surface area contributed by atoms with E-state index in [9.17, 15) is 19.7 Å². The molecule has 1 saturated heterocycles. The van der Waals surface area contributed by atoms with Gasteiger partial charge in [-0.2, -0.15) is 10.1 Å². The molecule has 2 aromatic rings. The van der Waals surface area contributed by atoms with E-state index < -0.39 is 4.92 Å². The number of benzene rings is 2. The number of nitrogens with zero attached hydrogens (tertiary/aromatic N) is 3. The van der Waals surface area contributed by atoms with Gasteiger partial charge in [-0.05, 0) is 30.4 Å². The predicted molar refractivity (Wildman–Crippen MR) is 116 cm³/mol. The maximum absolute atomic E-state index is 12.8. The Morgan fingerprint density at radius 1 is 1.12 bits per heavy atom. The number of hydrazone groups is 1. The van der Waals surface area contributed by atoms with Gasteiger partial charge in [0.2, 0.25) is 0 Å². The molecule has 3 aliphatic rings. The monoisotopic (exact) mass is 451 g/mol. The van der Waals surface area contributed by atoms with Gasteiger partial charge in [-0.25, -0.2) is 0 Å². The molecule has 0 radical (unpaired) electrons. The molecule has 1 saturated carbocycles. The van der Waals surface area contributed by atoms with Gasteiger partial charge < -0.3 is 4.74 Å². The Labute approximate surface area is 188 Å². The van der Waals surface area contributed by atoms with Crippen LogP contribution in [0.15, 0.2) is 59.7 Å². The summed E-state index contributed by atoms with van der Waals surface area (Å²) in [4.78, 5) is 36.3. The molecular formula is C23H18ClN3O5. The quantitative estimate of drug-likeness (QED) is 0.217. The summed E-state index contributed by atoms with van der Waals surface area (Å²) in [5.41, 5.74) is 0.871. The highest BCUT2D eigenvalue weighted by molar-refractivity contribution is 6.31. The molecule has 162 valence electrons. The van der Waals surface area contributed by atoms with Gasteiger partial charge in [0.25, 0.3) is 17.5 Å². The van der Waals surface area contributed by atoms with Crippen molar-refractivity contribution in [2.24, 2.45) is 28.8 Å². The second kappa shape index (κ2) is 7.87. The first-order chi connectivity index (χ1) is 15.4. The summed E-state index contributed by atoms with van der Waals surface area (Å²) in [5.74, 6) is -0.899. The van der Waals surface area contributed by atoms with Crippen molar-refractivity contribution in [3.8, 4) is 5.75 Å². The predicted octanol–water partition coefficient (Wildman–Crippen LogP) is 3.97. The maximum Gasteiger partial charge on any atom is 0.270 e. The lowest BCUT2D eigenvalue weighted by Crippen LogP contribution is -2.28. The normalized spacial score (nSPS) is 25.7. The second-order valence-corrected chi connectivity index (χ2v) is 8.50. The number of nitro groups is 1. The zero-order chi connectivity index (χ0) is 22.4. The van der Waals surface area contributed by atoms with Crippen LogP contribution in [0.5, 0.6) is 5.75 Å². The second-order valence-electron chi connectivity index (χ2n) is 8.09. The van der Waals surface area contributed by atoms with Gasteiger partial charge in [0.05, 0.1) is 23.0 Å². The van der Waals surface area contributed by atoms with E-state index in [-0.39, 0.29) is 53.3 Å². The molecule has 0 unspecified atom stereocenters. The molecular weight excluding hydrogens is 434 g/mol. The Kier molecular flexibility index (Phi) is 5.01. The van der Waals surface area contributed by atoms with Crippen molar-refractivity contribution in [2.45, 2.75) is 13.0 Å². The van der Waals surface area contributed by atoms with Crippen LogP contribution in [0, 0.1) is 33.8 Å². The Morgan fingerprint density at radius 2 is 1.81 bits per heavy atom. The molecule has 0 N–H and O–H groups in total. The van der Waals surface area contributed by atoms with Crippen molar-refractivity contribution in [1.29, 1.82) is 0 Å². The lowest BCUT2D eigenvalue weighted by Gasteiger charge is -2.13. The van der Waals surface area contributed by atoms with Crippen LogP contribution in [0.25, 0.3) is 0 Å². The first-order valence-electron chi connectivity index (χ1n) is 10.2. The Balaban J connectivity index is 1.41. The fourth-order valence-electron chi connectivity index (χ4n) is 4.77. The average Bonchev–Trinajstić information content (AvgIpc) is 3.46. The standard InChI is InChI=1S/C23H18ClN3O5/c24-18-4-2-1-3-15(18)12-32-19-8-7-17(27(30)31)10-16(19)11-25-26-22(28)20-13-5-6-14(9-13)21(20)23(26)29/h1-8,10-11,13-14,20-21H,9,12H2/t13-,14-,20-,21+/m0/s1. The number of non-ortho nitro benzene ring substituents is 1. The number of carbonyl (C=O) groups is 2. The number of hydrogen-bond donors (Lipinski definition) is 0. The van der Waals surface area contributed by atoms with Gasteiger partial charge in [-0.1, -0.05) is 42.0 Å². The van der Waals surface area contributed by atoms with Gasteiger partial charge in [0.1, 0.15) is 12.4 Å². The van der Waals surface area contributed by atoms with E-state index in [1.165, 1.54) is 24.4 Å². The minimum Gasteiger partial charge on any atom is -0.488 e. The Morgan fingerprint density at radius 3 is 2.47 bits per heavy atom. The first kappa shape index (κ1) is 20.4. The van der Waals surface area contributed by atoms with Crippen molar-refractivity contribution in [2.75, 3.05) is 0 Å². The van der Waals surface area contributed by atoms with E-state index in [2.05, 4.69) is 5.10 Å². The van der Waals surface area contributed by atoms with Crippen molar-refractivity contribution >= 4 is 35.3 Å². The number of hydrogen-bond acceptors (Lipinski definition) is 6. The summed E-state index contributed by atoms with van der Waals surface area (Å²) in [6.07, 6.45) is 6.10. The van der Waals surface area contributed by atoms with Crippen molar-refractivity contribution in [1.82, 2.24) is 5.01 Å². The topological polar surface area (TPSA) is 102 Å². The highest BCUT2D eigenvalue weighted by Crippen LogP contribution is 2.52. The minimum absolute atomic E-state index is 0.0778. The molecule has 4 atom stereocenters. The van der Waals surface area contributed by atoms with E-state index in [1.54, 1.807) is 12.1 Å². The number of rotatable bonds is 6. The van der Waals surface area contributed by atoms with Crippen LogP contribution >= 0.6 is 11.6 Å². The Bertz CT molecular complexity index is 1160. The van der Waals surface area contributed by atoms with Crippen LogP contribution < -0.4 is 4.74 Å². The molecule has 2 aromatic carbocycles. The molecule has 0 aromatic heterocycles. The smallest absolute Gasteiger partial charge is 0.270 e.